The van der Waals surface area contributed by atoms with Crippen molar-refractivity contribution in [1.82, 2.24) is 0 Å². The first kappa shape index (κ1) is 15.7. The summed E-state index contributed by atoms with van der Waals surface area (Å²) in [6.45, 7) is 4.36. The van der Waals surface area contributed by atoms with Gasteiger partial charge < -0.3 is 2.85 Å². The average molecular weight is 120 g/mol. The molecule has 0 spiro atoms. The van der Waals surface area contributed by atoms with E-state index in [0.29, 0.717) is 0 Å². The molecule has 0 aliphatic heterocycles. The number of unbranched alkanes of at least 4 members (excludes halogenated alkanes) is 1. The Morgan fingerprint density at radius 2 is 1.33 bits per heavy atom. The largest absolute Gasteiger partial charge is 2.00 e. The number of rotatable bonds is 1. The molecule has 0 N–H and O–H groups in total. The number of halogens is 1. The van der Waals surface area contributed by atoms with Crippen molar-refractivity contribution in [3.8, 4) is 0 Å². The first-order valence-electron chi connectivity index (χ1n) is 1.91. The third-order valence-electron chi connectivity index (χ3n) is 0.500. The Morgan fingerprint density at radius 1 is 1.17 bits per heavy atom. The van der Waals surface area contributed by atoms with Gasteiger partial charge in [0.2, 0.25) is 0 Å². The third kappa shape index (κ3) is 19.0. The van der Waals surface area contributed by atoms with Crippen molar-refractivity contribution in [3.63, 3.8) is 0 Å². The second kappa shape index (κ2) is 16.4. The van der Waals surface area contributed by atoms with Crippen LogP contribution in [0.15, 0.2) is 0 Å². The summed E-state index contributed by atoms with van der Waals surface area (Å²) in [7, 11) is 0. The Bertz CT molecular complexity index is 16.0. The van der Waals surface area contributed by atoms with Crippen LogP contribution in [0.1, 0.15) is 29.5 Å². The van der Waals surface area contributed by atoms with E-state index in [1.165, 1.54) is 12.8 Å². The fourth-order valence-corrected chi connectivity index (χ4v) is 0. The van der Waals surface area contributed by atoms with Gasteiger partial charge in [0.1, 0.15) is 0 Å². The molecule has 0 nitrogen and oxygen atoms in total. The van der Waals surface area contributed by atoms with E-state index in [-0.39, 0.29) is 45.3 Å². The van der Waals surface area contributed by atoms with Crippen LogP contribution >= 0.6 is 0 Å². The Morgan fingerprint density at radius 3 is 1.33 bits per heavy atom. The Hall–Kier alpha value is 1.19. The van der Waals surface area contributed by atoms with Gasteiger partial charge in [-0.05, 0) is 0 Å². The first-order chi connectivity index (χ1) is 1.91. The van der Waals surface area contributed by atoms with Crippen molar-refractivity contribution in [2.45, 2.75) is 26.7 Å². The maximum atomic E-state index is 2.18. The van der Waals surface area contributed by atoms with E-state index >= 15 is 0 Å². The molecular formula is C4H13CaF. The molecule has 2 heteroatoms. The van der Waals surface area contributed by atoms with E-state index in [0.717, 1.165) is 0 Å². The summed E-state index contributed by atoms with van der Waals surface area (Å²) >= 11 is 0. The zero-order valence-electron chi connectivity index (χ0n) is 6.53. The Balaban J connectivity index is -0.00000000750. The molecule has 0 atom stereocenters. The van der Waals surface area contributed by atoms with Gasteiger partial charge in [-0.25, -0.2) is 0 Å². The number of hydrogen-bond acceptors (Lipinski definition) is 0. The number of hydrogen-bond donors (Lipinski definition) is 0. The van der Waals surface area contributed by atoms with Crippen LogP contribution in [0.5, 0.6) is 0 Å². The summed E-state index contributed by atoms with van der Waals surface area (Å²) in [5, 5.41) is 0. The van der Waals surface area contributed by atoms with Gasteiger partial charge in [0.15, 0.2) is 0 Å². The minimum atomic E-state index is 0. The molecule has 0 aromatic heterocycles. The average Bonchev–Trinajstić information content (AvgIpc) is 1.37. The van der Waals surface area contributed by atoms with Crippen LogP contribution in [0.3, 0.4) is 0 Å². The van der Waals surface area contributed by atoms with Crippen molar-refractivity contribution in [1.29, 1.82) is 0 Å². The monoisotopic (exact) mass is 120 g/mol. The predicted octanol–water partition coefficient (Wildman–Crippen LogP) is 1.80. The van der Waals surface area contributed by atoms with Gasteiger partial charge >= 0.3 is 37.7 Å². The molecular weight excluding hydrogens is 107 g/mol. The molecule has 0 aliphatic carbocycles. The van der Waals surface area contributed by atoms with Crippen LogP contribution in [0.25, 0.3) is 0 Å². The van der Waals surface area contributed by atoms with Crippen LogP contribution in [-0.2, 0) is 0 Å². The maximum absolute atomic E-state index is 2.18. The summed E-state index contributed by atoms with van der Waals surface area (Å²) in [6.07, 6.45) is 2.64. The van der Waals surface area contributed by atoms with Gasteiger partial charge in [-0.3, -0.25) is 4.70 Å². The third-order valence-corrected chi connectivity index (χ3v) is 0.500. The molecule has 0 heterocycles. The smallest absolute Gasteiger partial charge is 1.00 e. The zero-order chi connectivity index (χ0) is 3.41. The molecule has 0 amide bonds. The molecule has 0 saturated heterocycles. The molecule has 0 saturated carbocycles. The molecule has 38 valence electrons. The van der Waals surface area contributed by atoms with Crippen molar-refractivity contribution < 1.29 is 7.56 Å². The van der Waals surface area contributed by atoms with Gasteiger partial charge in [-0.1, -0.05) is 26.7 Å². The van der Waals surface area contributed by atoms with E-state index in [1.807, 2.05) is 0 Å². The van der Waals surface area contributed by atoms with Crippen LogP contribution in [0, 0.1) is 0 Å². The second-order valence-electron chi connectivity index (χ2n) is 1.000. The van der Waals surface area contributed by atoms with Crippen LogP contribution in [0.4, 0.5) is 4.70 Å². The van der Waals surface area contributed by atoms with Crippen LogP contribution in [0.2, 0.25) is 0 Å². The maximum Gasteiger partial charge on any atom is 2.00 e. The molecule has 0 rings (SSSR count). The Labute approximate surface area is 71.6 Å². The topological polar surface area (TPSA) is 0 Å². The molecule has 0 unspecified atom stereocenters. The van der Waals surface area contributed by atoms with Gasteiger partial charge in [-0.2, -0.15) is 0 Å². The van der Waals surface area contributed by atoms with Crippen molar-refractivity contribution in [3.05, 3.63) is 0 Å². The second-order valence-corrected chi connectivity index (χ2v) is 1.000. The fourth-order valence-electron chi connectivity index (χ4n) is 0. The van der Waals surface area contributed by atoms with Crippen molar-refractivity contribution >= 4 is 37.7 Å². The standard InChI is InChI=1S/C4H10.Ca.FH.2H/c1-3-4-2;;;;/h3-4H2,1-2H3;;1H;;/q;+2;;2*-1. The van der Waals surface area contributed by atoms with Crippen LogP contribution < -0.4 is 0 Å². The molecule has 0 bridgehead atoms. The quantitative estimate of drug-likeness (QED) is 0.463. The minimum Gasteiger partial charge on any atom is -1.00 e. The molecule has 0 aromatic rings. The zero-order valence-corrected chi connectivity index (χ0v) is 6.74. The van der Waals surface area contributed by atoms with E-state index in [4.69, 9.17) is 0 Å². The Kier molecular flexibility index (Phi) is 42.9. The fraction of sp³-hybridized carbons (Fsp3) is 1.00. The SMILES string of the molecule is CCCC.F.[Ca+2].[H-].[H-]. The summed E-state index contributed by atoms with van der Waals surface area (Å²) in [5.74, 6) is 0. The van der Waals surface area contributed by atoms with Crippen LogP contribution in [-0.4, -0.2) is 37.7 Å². The summed E-state index contributed by atoms with van der Waals surface area (Å²) in [6, 6.07) is 0. The predicted molar refractivity (Wildman–Crippen MR) is 31.1 cm³/mol. The van der Waals surface area contributed by atoms with Gasteiger partial charge in [0.05, 0.1) is 0 Å². The van der Waals surface area contributed by atoms with Crippen molar-refractivity contribution in [2.75, 3.05) is 0 Å². The molecule has 0 fully saturated rings. The van der Waals surface area contributed by atoms with Gasteiger partial charge in [-0.15, -0.1) is 0 Å². The van der Waals surface area contributed by atoms with E-state index < -0.39 is 0 Å². The molecule has 6 heavy (non-hydrogen) atoms. The van der Waals surface area contributed by atoms with Gasteiger partial charge in [0.25, 0.3) is 0 Å². The van der Waals surface area contributed by atoms with Crippen molar-refractivity contribution in [2.24, 2.45) is 0 Å². The summed E-state index contributed by atoms with van der Waals surface area (Å²) in [5.41, 5.74) is 0. The van der Waals surface area contributed by atoms with E-state index in [2.05, 4.69) is 13.8 Å². The summed E-state index contributed by atoms with van der Waals surface area (Å²) < 4.78 is 0. The molecule has 0 radical (unpaired) electrons. The molecule has 0 aliphatic rings. The summed E-state index contributed by atoms with van der Waals surface area (Å²) in [4.78, 5) is 0. The van der Waals surface area contributed by atoms with Gasteiger partial charge in [0, 0.05) is 0 Å². The normalized spacial score (nSPS) is 5.00. The first-order valence-corrected chi connectivity index (χ1v) is 1.91. The molecule has 0 aromatic carbocycles. The minimum absolute atomic E-state index is 0. The van der Waals surface area contributed by atoms with E-state index in [1.54, 1.807) is 0 Å². The van der Waals surface area contributed by atoms with E-state index in [9.17, 15) is 0 Å².